The molecule has 1 spiro atoms. The van der Waals surface area contributed by atoms with Crippen molar-refractivity contribution in [2.75, 3.05) is 26.2 Å². The van der Waals surface area contributed by atoms with E-state index in [1.54, 1.807) is 0 Å². The molecule has 1 amide bonds. The molecule has 1 aromatic rings. The molecule has 3 aliphatic rings. The van der Waals surface area contributed by atoms with Gasteiger partial charge in [0.25, 0.3) is 0 Å². The van der Waals surface area contributed by atoms with Gasteiger partial charge in [0.1, 0.15) is 0 Å². The Morgan fingerprint density at radius 3 is 2.50 bits per heavy atom. The first-order valence-electron chi connectivity index (χ1n) is 11.8. The van der Waals surface area contributed by atoms with E-state index in [2.05, 4.69) is 30.9 Å². The van der Waals surface area contributed by atoms with Crippen LogP contribution in [0.3, 0.4) is 0 Å². The first-order chi connectivity index (χ1) is 14.5. The first-order valence-corrected chi connectivity index (χ1v) is 11.8. The van der Waals surface area contributed by atoms with Crippen molar-refractivity contribution < 1.29 is 4.79 Å². The van der Waals surface area contributed by atoms with E-state index in [4.69, 9.17) is 5.73 Å². The third kappa shape index (κ3) is 3.76. The third-order valence-corrected chi connectivity index (χ3v) is 8.06. The molecular formula is C25H36N4O. The summed E-state index contributed by atoms with van der Waals surface area (Å²) >= 11 is 0. The number of nitriles is 1. The second-order valence-corrected chi connectivity index (χ2v) is 9.93. The summed E-state index contributed by atoms with van der Waals surface area (Å²) in [6.45, 7) is 8.31. The van der Waals surface area contributed by atoms with E-state index in [0.717, 1.165) is 48.9 Å². The highest BCUT2D eigenvalue weighted by Crippen LogP contribution is 2.44. The van der Waals surface area contributed by atoms with Crippen LogP contribution < -0.4 is 5.73 Å². The maximum atomic E-state index is 13.6. The number of hydrogen-bond donors (Lipinski definition) is 1. The molecular weight excluding hydrogens is 372 g/mol. The highest BCUT2D eigenvalue weighted by atomic mass is 16.2. The molecule has 5 heteroatoms. The predicted octanol–water partition coefficient (Wildman–Crippen LogP) is 3.41. The Labute approximate surface area is 181 Å². The van der Waals surface area contributed by atoms with E-state index in [9.17, 15) is 10.1 Å². The number of carbonyl (C=O) groups is 1. The number of likely N-dealkylation sites (tertiary alicyclic amines) is 1. The second-order valence-electron chi connectivity index (χ2n) is 9.93. The summed E-state index contributed by atoms with van der Waals surface area (Å²) < 4.78 is 0. The Morgan fingerprint density at radius 1 is 1.20 bits per heavy atom. The molecule has 2 N–H and O–H groups in total. The molecule has 1 aliphatic carbocycles. The zero-order chi connectivity index (χ0) is 21.3. The van der Waals surface area contributed by atoms with Crippen molar-refractivity contribution in [2.24, 2.45) is 17.6 Å². The maximum Gasteiger partial charge on any atom is 0.233 e. The molecule has 0 radical (unpaired) electrons. The highest BCUT2D eigenvalue weighted by molar-refractivity contribution is 5.90. The van der Waals surface area contributed by atoms with Crippen LogP contribution in [-0.4, -0.2) is 47.9 Å². The van der Waals surface area contributed by atoms with E-state index in [1.807, 2.05) is 17.0 Å². The lowest BCUT2D eigenvalue weighted by Gasteiger charge is -2.49. The standard InChI is InChI=1S/C25H36N4O/c1-18(2)20-4-6-22(7-5-20)28-12-9-25(10-13-28)23-8-3-19(16-27)15-21(23)17-29(14-11-26)24(25)30/h3,8,15,18,20,22H,4-7,9-14,17,26H2,1-2H3. The predicted molar refractivity (Wildman–Crippen MR) is 119 cm³/mol. The van der Waals surface area contributed by atoms with Crippen molar-refractivity contribution >= 4 is 5.91 Å². The van der Waals surface area contributed by atoms with Crippen LogP contribution in [0.15, 0.2) is 18.2 Å². The minimum Gasteiger partial charge on any atom is -0.336 e. The molecule has 5 nitrogen and oxygen atoms in total. The minimum absolute atomic E-state index is 0.244. The zero-order valence-corrected chi connectivity index (χ0v) is 18.6. The van der Waals surface area contributed by atoms with Crippen molar-refractivity contribution in [3.8, 4) is 6.07 Å². The minimum atomic E-state index is -0.442. The average molecular weight is 409 g/mol. The molecule has 2 fully saturated rings. The van der Waals surface area contributed by atoms with Gasteiger partial charge >= 0.3 is 0 Å². The molecule has 0 unspecified atom stereocenters. The number of rotatable bonds is 4. The molecule has 162 valence electrons. The first kappa shape index (κ1) is 21.3. The number of carbonyl (C=O) groups excluding carboxylic acids is 1. The smallest absolute Gasteiger partial charge is 0.233 e. The number of nitrogens with two attached hydrogens (primary N) is 1. The van der Waals surface area contributed by atoms with Crippen molar-refractivity contribution in [3.05, 3.63) is 34.9 Å². The molecule has 1 saturated carbocycles. The van der Waals surface area contributed by atoms with Gasteiger partial charge in [0.2, 0.25) is 5.91 Å². The van der Waals surface area contributed by atoms with Gasteiger partial charge in [0.15, 0.2) is 0 Å². The van der Waals surface area contributed by atoms with E-state index >= 15 is 0 Å². The Kier molecular flexibility index (Phi) is 6.18. The summed E-state index contributed by atoms with van der Waals surface area (Å²) in [5.74, 6) is 1.91. The van der Waals surface area contributed by atoms with Crippen molar-refractivity contribution in [1.29, 1.82) is 5.26 Å². The molecule has 2 heterocycles. The van der Waals surface area contributed by atoms with Crippen LogP contribution in [0.2, 0.25) is 0 Å². The molecule has 30 heavy (non-hydrogen) atoms. The summed E-state index contributed by atoms with van der Waals surface area (Å²) in [6.07, 6.45) is 7.02. The maximum absolute atomic E-state index is 13.6. The van der Waals surface area contributed by atoms with Gasteiger partial charge in [-0.1, -0.05) is 19.9 Å². The molecule has 2 aliphatic heterocycles. The molecule has 0 aromatic heterocycles. The van der Waals surface area contributed by atoms with E-state index in [-0.39, 0.29) is 5.91 Å². The third-order valence-electron chi connectivity index (χ3n) is 8.06. The van der Waals surface area contributed by atoms with Crippen molar-refractivity contribution in [3.63, 3.8) is 0 Å². The Balaban J connectivity index is 1.53. The monoisotopic (exact) mass is 408 g/mol. The summed E-state index contributed by atoms with van der Waals surface area (Å²) in [6, 6.07) is 8.84. The van der Waals surface area contributed by atoms with Gasteiger partial charge in [0, 0.05) is 25.7 Å². The molecule has 4 rings (SSSR count). The van der Waals surface area contributed by atoms with E-state index < -0.39 is 5.41 Å². The molecule has 1 aromatic carbocycles. The lowest BCUT2D eigenvalue weighted by atomic mass is 9.67. The molecule has 1 saturated heterocycles. The number of benzene rings is 1. The van der Waals surface area contributed by atoms with Crippen molar-refractivity contribution in [1.82, 2.24) is 9.80 Å². The quantitative estimate of drug-likeness (QED) is 0.829. The largest absolute Gasteiger partial charge is 0.336 e. The fraction of sp³-hybridized carbons (Fsp3) is 0.680. The van der Waals surface area contributed by atoms with Gasteiger partial charge in [-0.2, -0.15) is 5.26 Å². The summed E-state index contributed by atoms with van der Waals surface area (Å²) in [5.41, 5.74) is 8.33. The SMILES string of the molecule is CC(C)C1CCC(N2CCC3(CC2)C(=O)N(CCN)Cc2cc(C#N)ccc23)CC1. The second kappa shape index (κ2) is 8.69. The molecule has 0 atom stereocenters. The van der Waals surface area contributed by atoms with Gasteiger partial charge in [0.05, 0.1) is 17.0 Å². The number of amides is 1. The van der Waals surface area contributed by atoms with E-state index in [1.165, 1.54) is 25.7 Å². The lowest BCUT2D eigenvalue weighted by Crippen LogP contribution is -2.57. The van der Waals surface area contributed by atoms with Gasteiger partial charge < -0.3 is 15.5 Å². The number of nitrogens with zero attached hydrogens (tertiary/aromatic N) is 3. The van der Waals surface area contributed by atoms with Crippen LogP contribution in [0.4, 0.5) is 0 Å². The van der Waals surface area contributed by atoms with Crippen LogP contribution in [0.5, 0.6) is 0 Å². The summed E-state index contributed by atoms with van der Waals surface area (Å²) in [7, 11) is 0. The number of piperidine rings is 1. The fourth-order valence-corrected chi connectivity index (χ4v) is 6.18. The Morgan fingerprint density at radius 2 is 1.90 bits per heavy atom. The van der Waals surface area contributed by atoms with Crippen molar-refractivity contribution in [2.45, 2.75) is 70.4 Å². The van der Waals surface area contributed by atoms with Crippen LogP contribution in [0, 0.1) is 23.2 Å². The van der Waals surface area contributed by atoms with Crippen LogP contribution in [0.25, 0.3) is 0 Å². The fourth-order valence-electron chi connectivity index (χ4n) is 6.18. The lowest BCUT2D eigenvalue weighted by molar-refractivity contribution is -0.142. The van der Waals surface area contributed by atoms with Crippen LogP contribution in [-0.2, 0) is 16.8 Å². The van der Waals surface area contributed by atoms with Gasteiger partial charge in [-0.3, -0.25) is 4.79 Å². The van der Waals surface area contributed by atoms with Crippen LogP contribution >= 0.6 is 0 Å². The van der Waals surface area contributed by atoms with Gasteiger partial charge in [-0.25, -0.2) is 0 Å². The number of hydrogen-bond acceptors (Lipinski definition) is 4. The normalized spacial score (nSPS) is 26.6. The summed E-state index contributed by atoms with van der Waals surface area (Å²) in [5, 5.41) is 9.34. The summed E-state index contributed by atoms with van der Waals surface area (Å²) in [4.78, 5) is 18.2. The topological polar surface area (TPSA) is 73.4 Å². The highest BCUT2D eigenvalue weighted by Gasteiger charge is 2.49. The van der Waals surface area contributed by atoms with Gasteiger partial charge in [-0.05, 0) is 86.7 Å². The Hall–Kier alpha value is -1.90. The zero-order valence-electron chi connectivity index (χ0n) is 18.6. The van der Waals surface area contributed by atoms with E-state index in [0.29, 0.717) is 31.2 Å². The van der Waals surface area contributed by atoms with Crippen LogP contribution in [0.1, 0.15) is 69.1 Å². The molecule has 0 bridgehead atoms. The van der Waals surface area contributed by atoms with Gasteiger partial charge in [-0.15, -0.1) is 0 Å². The average Bonchev–Trinajstić information content (AvgIpc) is 2.77. The Bertz CT molecular complexity index is 811. The number of fused-ring (bicyclic) bond motifs is 2.